The van der Waals surface area contributed by atoms with Gasteiger partial charge < -0.3 is 0 Å². The van der Waals surface area contributed by atoms with Crippen LogP contribution in [0.15, 0.2) is 152 Å². The highest BCUT2D eigenvalue weighted by atomic mass is 15.0. The van der Waals surface area contributed by atoms with E-state index in [1.807, 2.05) is 6.20 Å². The molecule has 1 aliphatic carbocycles. The van der Waals surface area contributed by atoms with Gasteiger partial charge in [0.25, 0.3) is 0 Å². The second kappa shape index (κ2) is 11.8. The minimum Gasteiger partial charge on any atom is -0.256 e. The Morgan fingerprint density at radius 1 is 0.490 bits per heavy atom. The molecule has 0 fully saturated rings. The van der Waals surface area contributed by atoms with E-state index in [-0.39, 0.29) is 0 Å². The Bertz CT molecular complexity index is 2850. The molecule has 2 aromatic heterocycles. The number of allylic oxidation sites excluding steroid dienone is 1. The van der Waals surface area contributed by atoms with Gasteiger partial charge in [-0.25, -0.2) is 15.0 Å². The van der Waals surface area contributed by atoms with Gasteiger partial charge in [0.2, 0.25) is 0 Å². The maximum absolute atomic E-state index is 5.32. The lowest BCUT2D eigenvalue weighted by molar-refractivity contribution is 0.721. The maximum Gasteiger partial charge on any atom is 0.164 e. The molecule has 7 aromatic carbocycles. The third kappa shape index (κ3) is 4.99. The summed E-state index contributed by atoms with van der Waals surface area (Å²) in [4.78, 5) is 20.6. The van der Waals surface area contributed by atoms with Crippen LogP contribution in [0.25, 0.3) is 94.6 Å². The summed E-state index contributed by atoms with van der Waals surface area (Å²) < 4.78 is 0. The summed E-state index contributed by atoms with van der Waals surface area (Å²) >= 11 is 0. The van der Waals surface area contributed by atoms with Crippen LogP contribution in [0.4, 0.5) is 0 Å². The summed E-state index contributed by atoms with van der Waals surface area (Å²) in [5.41, 5.74) is 7.49. The molecular weight excluding hydrogens is 621 g/mol. The average Bonchev–Trinajstić information content (AvgIpc) is 3.20. The molecule has 51 heavy (non-hydrogen) atoms. The fraction of sp³-hybridized carbons (Fsp3) is 0.0638. The zero-order chi connectivity index (χ0) is 33.9. The zero-order valence-electron chi connectivity index (χ0n) is 28.1. The van der Waals surface area contributed by atoms with Gasteiger partial charge >= 0.3 is 0 Å². The van der Waals surface area contributed by atoms with Crippen LogP contribution in [0.3, 0.4) is 0 Å². The van der Waals surface area contributed by atoms with Crippen LogP contribution < -0.4 is 0 Å². The maximum atomic E-state index is 5.32. The number of hydrogen-bond acceptors (Lipinski definition) is 4. The molecule has 240 valence electrons. The topological polar surface area (TPSA) is 51.6 Å². The minimum atomic E-state index is 0.458. The summed E-state index contributed by atoms with van der Waals surface area (Å²) in [6, 6.07) is 49.2. The fourth-order valence-electron chi connectivity index (χ4n) is 7.80. The van der Waals surface area contributed by atoms with Gasteiger partial charge in [-0.1, -0.05) is 140 Å². The highest BCUT2D eigenvalue weighted by molar-refractivity contribution is 6.13. The summed E-state index contributed by atoms with van der Waals surface area (Å²) in [5, 5.41) is 9.45. The number of nitrogens with zero attached hydrogens (tertiary/aromatic N) is 4. The molecule has 4 heteroatoms. The van der Waals surface area contributed by atoms with E-state index >= 15 is 0 Å². The molecule has 4 nitrogen and oxygen atoms in total. The molecule has 1 atom stereocenters. The van der Waals surface area contributed by atoms with Crippen molar-refractivity contribution in [2.45, 2.75) is 13.3 Å². The summed E-state index contributed by atoms with van der Waals surface area (Å²) in [6.07, 6.45) is 7.43. The number of fused-ring (bicyclic) bond motifs is 7. The van der Waals surface area contributed by atoms with E-state index in [4.69, 9.17) is 19.9 Å². The van der Waals surface area contributed by atoms with Crippen LogP contribution in [0, 0.1) is 5.92 Å². The largest absolute Gasteiger partial charge is 0.256 e. The third-order valence-electron chi connectivity index (χ3n) is 10.3. The lowest BCUT2D eigenvalue weighted by Gasteiger charge is -2.21. The molecule has 0 radical (unpaired) electrons. The van der Waals surface area contributed by atoms with Gasteiger partial charge in [-0.3, -0.25) is 4.98 Å². The van der Waals surface area contributed by atoms with Crippen molar-refractivity contribution in [3.63, 3.8) is 0 Å². The first-order chi connectivity index (χ1) is 25.2. The first-order valence-electron chi connectivity index (χ1n) is 17.5. The van der Waals surface area contributed by atoms with Crippen molar-refractivity contribution in [2.75, 3.05) is 0 Å². The Balaban J connectivity index is 1.21. The molecule has 1 aliphatic rings. The van der Waals surface area contributed by atoms with Crippen LogP contribution in [0.2, 0.25) is 0 Å². The lowest BCUT2D eigenvalue weighted by Crippen LogP contribution is -2.07. The van der Waals surface area contributed by atoms with Gasteiger partial charge in [0.1, 0.15) is 0 Å². The average molecular weight is 653 g/mol. The molecule has 0 bridgehead atoms. The monoisotopic (exact) mass is 652 g/mol. The van der Waals surface area contributed by atoms with Crippen molar-refractivity contribution in [1.29, 1.82) is 0 Å². The quantitative estimate of drug-likeness (QED) is 0.178. The highest BCUT2D eigenvalue weighted by Gasteiger charge is 2.22. The van der Waals surface area contributed by atoms with E-state index in [1.54, 1.807) is 0 Å². The number of benzene rings is 7. The van der Waals surface area contributed by atoms with Gasteiger partial charge in [0.05, 0.1) is 5.69 Å². The van der Waals surface area contributed by atoms with Crippen LogP contribution in [0.5, 0.6) is 0 Å². The summed E-state index contributed by atoms with van der Waals surface area (Å²) in [6.45, 7) is 2.28. The molecule has 0 N–H and O–H groups in total. The molecule has 0 amide bonds. The molecule has 0 saturated heterocycles. The van der Waals surface area contributed by atoms with Crippen molar-refractivity contribution in [1.82, 2.24) is 19.9 Å². The summed E-state index contributed by atoms with van der Waals surface area (Å²) in [7, 11) is 0. The number of rotatable bonds is 4. The molecule has 1 unspecified atom stereocenters. The van der Waals surface area contributed by atoms with Gasteiger partial charge in [-0.2, -0.15) is 0 Å². The van der Waals surface area contributed by atoms with Crippen LogP contribution in [-0.2, 0) is 6.42 Å². The van der Waals surface area contributed by atoms with Crippen molar-refractivity contribution in [2.24, 2.45) is 5.92 Å². The number of aromatic nitrogens is 4. The second-order valence-electron chi connectivity index (χ2n) is 13.5. The SMILES string of the molecule is CC1C=Cc2c(-c3nc(-c4ccc(-c5nccc6ccccc56)cc4)nc(-c4cc5ccccc5c5ccccc45)n3)cc3ccccc3c2C1. The number of hydrogen-bond donors (Lipinski definition) is 0. The van der Waals surface area contributed by atoms with E-state index in [0.717, 1.165) is 50.5 Å². The van der Waals surface area contributed by atoms with Crippen molar-refractivity contribution < 1.29 is 0 Å². The standard InChI is InChI=1S/C47H32N4/c1-29-18-23-40-41(26-29)36-14-6-4-12-34(36)28-43(40)47-50-45(32-21-19-31(20-22-32)44-37-15-7-2-10-30(37)24-25-48-44)49-46(51-47)42-27-33-11-3-5-13-35(33)38-16-8-9-17-39(38)42/h2-25,27-29H,26H2,1H3. The van der Waals surface area contributed by atoms with Crippen LogP contribution in [-0.4, -0.2) is 19.9 Å². The van der Waals surface area contributed by atoms with Gasteiger partial charge in [0, 0.05) is 33.8 Å². The predicted molar refractivity (Wildman–Crippen MR) is 211 cm³/mol. The van der Waals surface area contributed by atoms with E-state index in [9.17, 15) is 0 Å². The van der Waals surface area contributed by atoms with Gasteiger partial charge in [-0.05, 0) is 79.4 Å². The Morgan fingerprint density at radius 3 is 1.84 bits per heavy atom. The molecule has 9 aromatic rings. The first-order valence-corrected chi connectivity index (χ1v) is 17.5. The Hall–Kier alpha value is -6.52. The van der Waals surface area contributed by atoms with E-state index in [0.29, 0.717) is 23.4 Å². The molecule has 0 aliphatic heterocycles. The molecule has 0 spiro atoms. The zero-order valence-corrected chi connectivity index (χ0v) is 28.1. The lowest BCUT2D eigenvalue weighted by atomic mass is 9.84. The molecule has 2 heterocycles. The Kier molecular flexibility index (Phi) is 6.81. The van der Waals surface area contributed by atoms with Gasteiger partial charge in [-0.15, -0.1) is 0 Å². The van der Waals surface area contributed by atoms with Gasteiger partial charge in [0.15, 0.2) is 17.5 Å². The highest BCUT2D eigenvalue weighted by Crippen LogP contribution is 2.39. The normalized spacial score (nSPS) is 14.0. The van der Waals surface area contributed by atoms with E-state index in [2.05, 4.69) is 159 Å². The van der Waals surface area contributed by atoms with E-state index < -0.39 is 0 Å². The second-order valence-corrected chi connectivity index (χ2v) is 13.5. The minimum absolute atomic E-state index is 0.458. The molecular formula is C47H32N4. The van der Waals surface area contributed by atoms with E-state index in [1.165, 1.54) is 38.1 Å². The molecule has 10 rings (SSSR count). The first kappa shape index (κ1) is 29.4. The predicted octanol–water partition coefficient (Wildman–Crippen LogP) is 11.8. The number of pyridine rings is 1. The Morgan fingerprint density at radius 2 is 1.06 bits per heavy atom. The Labute approximate surface area is 295 Å². The van der Waals surface area contributed by atoms with Crippen molar-refractivity contribution in [3.05, 3.63) is 163 Å². The summed E-state index contributed by atoms with van der Waals surface area (Å²) in [5.74, 6) is 2.43. The fourth-order valence-corrected chi connectivity index (χ4v) is 7.80. The van der Waals surface area contributed by atoms with Crippen molar-refractivity contribution >= 4 is 49.2 Å². The van der Waals surface area contributed by atoms with Crippen LogP contribution in [0.1, 0.15) is 18.1 Å². The smallest absolute Gasteiger partial charge is 0.164 e. The third-order valence-corrected chi connectivity index (χ3v) is 10.3. The van der Waals surface area contributed by atoms with Crippen LogP contribution >= 0.6 is 0 Å². The molecule has 0 saturated carbocycles. The van der Waals surface area contributed by atoms with Crippen molar-refractivity contribution in [3.8, 4) is 45.4 Å².